The maximum atomic E-state index is 12.4. The molecule has 1 aliphatic rings. The molecule has 3 nitrogen and oxygen atoms in total. The van der Waals surface area contributed by atoms with Crippen LogP contribution in [0.5, 0.6) is 0 Å². The minimum Gasteiger partial charge on any atom is -0.393 e. The van der Waals surface area contributed by atoms with E-state index in [2.05, 4.69) is 6.92 Å². The topological polar surface area (TPSA) is 40.5 Å². The number of likely N-dealkylation sites (tertiary alicyclic amines) is 1. The van der Waals surface area contributed by atoms with Crippen molar-refractivity contribution in [2.45, 2.75) is 32.8 Å². The van der Waals surface area contributed by atoms with Crippen molar-refractivity contribution in [3.05, 3.63) is 35.4 Å². The van der Waals surface area contributed by atoms with Crippen LogP contribution in [-0.2, 0) is 0 Å². The molecule has 0 spiro atoms. The molecule has 18 heavy (non-hydrogen) atoms. The van der Waals surface area contributed by atoms with E-state index in [4.69, 9.17) is 0 Å². The molecule has 0 saturated carbocycles. The quantitative estimate of drug-likeness (QED) is 0.870. The molecule has 2 unspecified atom stereocenters. The van der Waals surface area contributed by atoms with Crippen LogP contribution in [0.1, 0.15) is 35.7 Å². The summed E-state index contributed by atoms with van der Waals surface area (Å²) in [6.07, 6.45) is 1.35. The summed E-state index contributed by atoms with van der Waals surface area (Å²) in [5, 5.41) is 9.85. The van der Waals surface area contributed by atoms with Crippen LogP contribution >= 0.6 is 0 Å². The highest BCUT2D eigenvalue weighted by molar-refractivity contribution is 5.94. The average molecular weight is 247 g/mol. The summed E-state index contributed by atoms with van der Waals surface area (Å²) < 4.78 is 0. The molecule has 1 fully saturated rings. The van der Waals surface area contributed by atoms with Crippen LogP contribution in [0.2, 0.25) is 0 Å². The monoisotopic (exact) mass is 247 g/mol. The highest BCUT2D eigenvalue weighted by Crippen LogP contribution is 2.21. The van der Waals surface area contributed by atoms with Crippen molar-refractivity contribution in [3.63, 3.8) is 0 Å². The van der Waals surface area contributed by atoms with Gasteiger partial charge in [0.25, 0.3) is 5.91 Å². The number of benzene rings is 1. The minimum atomic E-state index is -0.253. The van der Waals surface area contributed by atoms with Crippen molar-refractivity contribution in [1.29, 1.82) is 0 Å². The number of hydrogen-bond donors (Lipinski definition) is 1. The second-order valence-electron chi connectivity index (χ2n) is 5.14. The number of carbonyl (C=O) groups is 1. The largest absolute Gasteiger partial charge is 0.393 e. The van der Waals surface area contributed by atoms with Gasteiger partial charge in [-0.15, -0.1) is 0 Å². The Hall–Kier alpha value is -1.35. The first kappa shape index (κ1) is 13.1. The van der Waals surface area contributed by atoms with Crippen LogP contribution in [0, 0.1) is 12.8 Å². The summed E-state index contributed by atoms with van der Waals surface area (Å²) >= 11 is 0. The van der Waals surface area contributed by atoms with E-state index in [-0.39, 0.29) is 17.9 Å². The second-order valence-corrected chi connectivity index (χ2v) is 5.14. The highest BCUT2D eigenvalue weighted by atomic mass is 16.3. The van der Waals surface area contributed by atoms with Crippen molar-refractivity contribution in [3.8, 4) is 0 Å². The van der Waals surface area contributed by atoms with Gasteiger partial charge in [-0.05, 0) is 31.9 Å². The number of hydrogen-bond acceptors (Lipinski definition) is 2. The molecule has 2 rings (SSSR count). The predicted octanol–water partition coefficient (Wildman–Crippen LogP) is 2.23. The molecule has 3 heteroatoms. The third-order valence-electron chi connectivity index (χ3n) is 3.77. The number of aryl methyl sites for hydroxylation is 1. The number of piperidine rings is 1. The molecule has 0 aromatic heterocycles. The summed E-state index contributed by atoms with van der Waals surface area (Å²) in [5.74, 6) is 0.302. The first-order valence-corrected chi connectivity index (χ1v) is 6.65. The van der Waals surface area contributed by atoms with Crippen LogP contribution in [0.3, 0.4) is 0 Å². The molecule has 1 aromatic carbocycles. The molecular weight excluding hydrogens is 226 g/mol. The van der Waals surface area contributed by atoms with Crippen molar-refractivity contribution in [1.82, 2.24) is 4.90 Å². The summed E-state index contributed by atoms with van der Waals surface area (Å²) in [6, 6.07) is 7.69. The first-order chi connectivity index (χ1) is 8.61. The average Bonchev–Trinajstić information content (AvgIpc) is 2.38. The Morgan fingerprint density at radius 1 is 1.50 bits per heavy atom. The Kier molecular flexibility index (Phi) is 4.02. The molecule has 98 valence electrons. The Balaban J connectivity index is 2.10. The zero-order valence-corrected chi connectivity index (χ0v) is 11.1. The SMILES string of the molecule is CCC1CN(C(=O)c2cccc(C)c2)CCC1O. The predicted molar refractivity (Wildman–Crippen MR) is 71.5 cm³/mol. The van der Waals surface area contributed by atoms with Crippen molar-refractivity contribution >= 4 is 5.91 Å². The Morgan fingerprint density at radius 2 is 2.28 bits per heavy atom. The van der Waals surface area contributed by atoms with Gasteiger partial charge in [0.15, 0.2) is 0 Å². The number of aliphatic hydroxyl groups excluding tert-OH is 1. The van der Waals surface area contributed by atoms with E-state index in [9.17, 15) is 9.90 Å². The van der Waals surface area contributed by atoms with E-state index in [0.717, 1.165) is 17.5 Å². The fourth-order valence-corrected chi connectivity index (χ4v) is 2.57. The lowest BCUT2D eigenvalue weighted by molar-refractivity contribution is 0.0229. The Labute approximate surface area is 108 Å². The summed E-state index contributed by atoms with van der Waals surface area (Å²) in [5.41, 5.74) is 1.85. The van der Waals surface area contributed by atoms with Crippen LogP contribution < -0.4 is 0 Å². The molecule has 1 N–H and O–H groups in total. The van der Waals surface area contributed by atoms with E-state index in [0.29, 0.717) is 19.5 Å². The normalized spacial score (nSPS) is 24.1. The number of carbonyl (C=O) groups excluding carboxylic acids is 1. The van der Waals surface area contributed by atoms with E-state index < -0.39 is 0 Å². The van der Waals surface area contributed by atoms with E-state index in [1.165, 1.54) is 0 Å². The van der Waals surface area contributed by atoms with E-state index >= 15 is 0 Å². The lowest BCUT2D eigenvalue weighted by atomic mass is 9.92. The number of aliphatic hydroxyl groups is 1. The molecule has 0 aliphatic carbocycles. The maximum absolute atomic E-state index is 12.4. The van der Waals surface area contributed by atoms with Gasteiger partial charge in [0, 0.05) is 24.6 Å². The number of rotatable bonds is 2. The lowest BCUT2D eigenvalue weighted by Gasteiger charge is -2.35. The van der Waals surface area contributed by atoms with Gasteiger partial charge in [-0.2, -0.15) is 0 Å². The maximum Gasteiger partial charge on any atom is 0.253 e. The standard InChI is InChI=1S/C15H21NO2/c1-3-12-10-16(8-7-14(12)17)15(18)13-6-4-5-11(2)9-13/h4-6,9,12,14,17H,3,7-8,10H2,1-2H3. The van der Waals surface area contributed by atoms with E-state index in [1.807, 2.05) is 36.1 Å². The second kappa shape index (κ2) is 5.53. The molecule has 0 bridgehead atoms. The molecule has 0 radical (unpaired) electrons. The molecular formula is C15H21NO2. The van der Waals surface area contributed by atoms with Gasteiger partial charge in [-0.1, -0.05) is 24.6 Å². The number of nitrogens with zero attached hydrogens (tertiary/aromatic N) is 1. The highest BCUT2D eigenvalue weighted by Gasteiger charge is 2.29. The van der Waals surface area contributed by atoms with Gasteiger partial charge in [0.1, 0.15) is 0 Å². The molecule has 1 aromatic rings. The smallest absolute Gasteiger partial charge is 0.253 e. The van der Waals surface area contributed by atoms with Gasteiger partial charge in [-0.3, -0.25) is 4.79 Å². The van der Waals surface area contributed by atoms with Crippen molar-refractivity contribution in [2.75, 3.05) is 13.1 Å². The van der Waals surface area contributed by atoms with Gasteiger partial charge < -0.3 is 10.0 Å². The van der Waals surface area contributed by atoms with Gasteiger partial charge in [-0.25, -0.2) is 0 Å². The van der Waals surface area contributed by atoms with Crippen LogP contribution in [0.15, 0.2) is 24.3 Å². The third-order valence-corrected chi connectivity index (χ3v) is 3.77. The zero-order chi connectivity index (χ0) is 13.1. The summed E-state index contributed by atoms with van der Waals surface area (Å²) in [6.45, 7) is 5.38. The Morgan fingerprint density at radius 3 is 2.94 bits per heavy atom. The van der Waals surface area contributed by atoms with Gasteiger partial charge in [0.2, 0.25) is 0 Å². The third kappa shape index (κ3) is 2.72. The minimum absolute atomic E-state index is 0.0871. The van der Waals surface area contributed by atoms with E-state index in [1.54, 1.807) is 0 Å². The summed E-state index contributed by atoms with van der Waals surface area (Å²) in [7, 11) is 0. The van der Waals surface area contributed by atoms with Gasteiger partial charge in [0.05, 0.1) is 6.10 Å². The molecule has 1 amide bonds. The molecule has 1 saturated heterocycles. The fourth-order valence-electron chi connectivity index (χ4n) is 2.57. The van der Waals surface area contributed by atoms with Crippen molar-refractivity contribution < 1.29 is 9.90 Å². The number of amides is 1. The molecule has 1 aliphatic heterocycles. The summed E-state index contributed by atoms with van der Waals surface area (Å²) in [4.78, 5) is 14.2. The van der Waals surface area contributed by atoms with Gasteiger partial charge >= 0.3 is 0 Å². The Bertz CT molecular complexity index is 430. The fraction of sp³-hybridized carbons (Fsp3) is 0.533. The van der Waals surface area contributed by atoms with Crippen LogP contribution in [0.25, 0.3) is 0 Å². The van der Waals surface area contributed by atoms with Crippen LogP contribution in [0.4, 0.5) is 0 Å². The zero-order valence-electron chi connectivity index (χ0n) is 11.1. The molecule has 1 heterocycles. The lowest BCUT2D eigenvalue weighted by Crippen LogP contribution is -2.45. The van der Waals surface area contributed by atoms with Crippen molar-refractivity contribution in [2.24, 2.45) is 5.92 Å². The van der Waals surface area contributed by atoms with Crippen LogP contribution in [-0.4, -0.2) is 35.1 Å². The first-order valence-electron chi connectivity index (χ1n) is 6.65. The molecule has 2 atom stereocenters.